The van der Waals surface area contributed by atoms with Crippen molar-refractivity contribution in [2.24, 2.45) is 0 Å². The van der Waals surface area contributed by atoms with Gasteiger partial charge in [-0.25, -0.2) is 4.98 Å². The van der Waals surface area contributed by atoms with Crippen molar-refractivity contribution >= 4 is 11.8 Å². The second kappa shape index (κ2) is 7.13. The first kappa shape index (κ1) is 14.7. The molecule has 0 saturated heterocycles. The van der Waals surface area contributed by atoms with Gasteiger partial charge in [-0.15, -0.1) is 0 Å². The second-order valence-corrected chi connectivity index (χ2v) is 3.69. The van der Waals surface area contributed by atoms with Crippen LogP contribution in [0.25, 0.3) is 0 Å². The summed E-state index contributed by atoms with van der Waals surface area (Å²) in [6.07, 6.45) is 1.48. The number of hydrogen-bond acceptors (Lipinski definition) is 4. The molecule has 0 aliphatic rings. The Balaban J connectivity index is 2.96. The van der Waals surface area contributed by atoms with Gasteiger partial charge in [-0.1, -0.05) is 11.8 Å². The van der Waals surface area contributed by atoms with E-state index in [9.17, 15) is 9.59 Å². The number of carbonyl (C=O) groups is 2. The van der Waals surface area contributed by atoms with E-state index < -0.39 is 5.91 Å². The van der Waals surface area contributed by atoms with Crippen molar-refractivity contribution in [3.63, 3.8) is 0 Å². The summed E-state index contributed by atoms with van der Waals surface area (Å²) >= 11 is 0. The minimum Gasteiger partial charge on any atom is -0.384 e. The van der Waals surface area contributed by atoms with Crippen LogP contribution in [0.1, 0.15) is 16.1 Å². The summed E-state index contributed by atoms with van der Waals surface area (Å²) in [6, 6.07) is 3.29. The highest BCUT2D eigenvalue weighted by atomic mass is 16.2. The highest BCUT2D eigenvalue weighted by Gasteiger charge is 2.18. The molecule has 1 heterocycles. The van der Waals surface area contributed by atoms with Crippen LogP contribution in [0.4, 0.5) is 0 Å². The lowest BCUT2D eigenvalue weighted by molar-refractivity contribution is -0.121. The van der Waals surface area contributed by atoms with E-state index in [1.807, 2.05) is 0 Å². The van der Waals surface area contributed by atoms with Crippen LogP contribution in [-0.4, -0.2) is 54.1 Å². The number of nitrogens with one attached hydrogen (secondary N) is 1. The predicted molar refractivity (Wildman–Crippen MR) is 69.2 cm³/mol. The van der Waals surface area contributed by atoms with Crippen molar-refractivity contribution in [3.05, 3.63) is 29.6 Å². The van der Waals surface area contributed by atoms with Crippen LogP contribution < -0.4 is 5.32 Å². The molecule has 1 aromatic heterocycles. The third-order valence-electron chi connectivity index (χ3n) is 2.32. The van der Waals surface area contributed by atoms with Crippen LogP contribution in [0.15, 0.2) is 18.3 Å². The Bertz CT molecular complexity index is 531. The first-order valence-electron chi connectivity index (χ1n) is 5.61. The van der Waals surface area contributed by atoms with Gasteiger partial charge in [0.2, 0.25) is 5.91 Å². The Hall–Kier alpha value is -2.39. The maximum atomic E-state index is 12.1. The van der Waals surface area contributed by atoms with Crippen molar-refractivity contribution in [2.45, 2.75) is 0 Å². The zero-order chi connectivity index (χ0) is 14.3. The SMILES string of the molecule is CNC(=O)CN(C)C(=O)c1ncccc1C#CCO. The number of aromatic nitrogens is 1. The molecule has 0 aromatic carbocycles. The Morgan fingerprint density at radius 1 is 1.53 bits per heavy atom. The molecule has 2 N–H and O–H groups in total. The molecule has 19 heavy (non-hydrogen) atoms. The summed E-state index contributed by atoms with van der Waals surface area (Å²) in [5.74, 6) is 4.46. The van der Waals surface area contributed by atoms with Gasteiger partial charge in [-0.3, -0.25) is 9.59 Å². The fraction of sp³-hybridized carbons (Fsp3) is 0.308. The lowest BCUT2D eigenvalue weighted by Gasteiger charge is -2.16. The number of rotatable bonds is 3. The lowest BCUT2D eigenvalue weighted by Crippen LogP contribution is -2.37. The smallest absolute Gasteiger partial charge is 0.273 e. The Morgan fingerprint density at radius 3 is 2.89 bits per heavy atom. The molecule has 0 unspecified atom stereocenters. The predicted octanol–water partition coefficient (Wildman–Crippen LogP) is -0.757. The number of nitrogens with zero attached hydrogens (tertiary/aromatic N) is 2. The third kappa shape index (κ3) is 4.08. The molecule has 0 saturated carbocycles. The van der Waals surface area contributed by atoms with E-state index in [1.54, 1.807) is 12.1 Å². The molecule has 0 aliphatic carbocycles. The summed E-state index contributed by atoms with van der Waals surface area (Å²) in [7, 11) is 3.01. The molecule has 0 radical (unpaired) electrons. The minimum atomic E-state index is -0.397. The molecule has 0 bridgehead atoms. The van der Waals surface area contributed by atoms with Gasteiger partial charge in [0.15, 0.2) is 0 Å². The van der Waals surface area contributed by atoms with Crippen LogP contribution >= 0.6 is 0 Å². The largest absolute Gasteiger partial charge is 0.384 e. The van der Waals surface area contributed by atoms with Crippen LogP contribution in [0.3, 0.4) is 0 Å². The van der Waals surface area contributed by atoms with E-state index in [0.717, 1.165) is 0 Å². The summed E-state index contributed by atoms with van der Waals surface area (Å²) in [6.45, 7) is -0.352. The van der Waals surface area contributed by atoms with Gasteiger partial charge in [0.05, 0.1) is 12.1 Å². The van der Waals surface area contributed by atoms with Crippen molar-refractivity contribution in [2.75, 3.05) is 27.2 Å². The number of aliphatic hydroxyl groups is 1. The van der Waals surface area contributed by atoms with Crippen LogP contribution in [0.5, 0.6) is 0 Å². The number of carbonyl (C=O) groups excluding carboxylic acids is 2. The van der Waals surface area contributed by atoms with Gasteiger partial charge in [-0.05, 0) is 12.1 Å². The summed E-state index contributed by atoms with van der Waals surface area (Å²) in [5.41, 5.74) is 0.583. The summed E-state index contributed by atoms with van der Waals surface area (Å²) in [4.78, 5) is 28.6. The molecule has 100 valence electrons. The van der Waals surface area contributed by atoms with E-state index in [-0.39, 0.29) is 24.8 Å². The number of pyridine rings is 1. The fourth-order valence-electron chi connectivity index (χ4n) is 1.36. The van der Waals surface area contributed by atoms with E-state index >= 15 is 0 Å². The van der Waals surface area contributed by atoms with Crippen LogP contribution in [0, 0.1) is 11.8 Å². The zero-order valence-corrected chi connectivity index (χ0v) is 10.8. The topological polar surface area (TPSA) is 82.5 Å². The van der Waals surface area contributed by atoms with Gasteiger partial charge in [0, 0.05) is 20.3 Å². The van der Waals surface area contributed by atoms with Gasteiger partial charge in [-0.2, -0.15) is 0 Å². The number of amides is 2. The molecule has 2 amide bonds. The minimum absolute atomic E-state index is 0.0568. The number of likely N-dealkylation sites (N-methyl/N-ethyl adjacent to an activating group) is 2. The Kier molecular flexibility index (Phi) is 5.51. The van der Waals surface area contributed by atoms with Gasteiger partial charge < -0.3 is 15.3 Å². The molecular weight excluding hydrogens is 246 g/mol. The van der Waals surface area contributed by atoms with E-state index in [0.29, 0.717) is 5.56 Å². The van der Waals surface area contributed by atoms with Crippen molar-refractivity contribution in [1.29, 1.82) is 0 Å². The molecule has 0 spiro atoms. The fourth-order valence-corrected chi connectivity index (χ4v) is 1.36. The molecule has 0 fully saturated rings. The zero-order valence-electron chi connectivity index (χ0n) is 10.8. The highest BCUT2D eigenvalue weighted by Crippen LogP contribution is 2.06. The molecule has 6 heteroatoms. The second-order valence-electron chi connectivity index (χ2n) is 3.69. The van der Waals surface area contributed by atoms with Crippen LogP contribution in [0.2, 0.25) is 0 Å². The molecule has 6 nitrogen and oxygen atoms in total. The summed E-state index contributed by atoms with van der Waals surface area (Å²) < 4.78 is 0. The number of hydrogen-bond donors (Lipinski definition) is 2. The molecule has 1 rings (SSSR count). The molecule has 0 atom stereocenters. The molecular formula is C13H15N3O3. The van der Waals surface area contributed by atoms with Crippen LogP contribution in [-0.2, 0) is 4.79 Å². The first-order chi connectivity index (χ1) is 9.10. The summed E-state index contributed by atoms with van der Waals surface area (Å²) in [5, 5.41) is 11.1. The third-order valence-corrected chi connectivity index (χ3v) is 2.32. The van der Waals surface area contributed by atoms with E-state index in [1.165, 1.54) is 25.2 Å². The average molecular weight is 261 g/mol. The molecule has 0 aliphatic heterocycles. The average Bonchev–Trinajstić information content (AvgIpc) is 2.44. The van der Waals surface area contributed by atoms with Crippen molar-refractivity contribution in [1.82, 2.24) is 15.2 Å². The highest BCUT2D eigenvalue weighted by molar-refractivity contribution is 5.96. The quantitative estimate of drug-likeness (QED) is 0.701. The lowest BCUT2D eigenvalue weighted by atomic mass is 10.2. The maximum Gasteiger partial charge on any atom is 0.273 e. The standard InChI is InChI=1S/C13H15N3O3/c1-14-11(18)9-16(2)13(19)12-10(6-4-8-17)5-3-7-15-12/h3,5,7,17H,8-9H2,1-2H3,(H,14,18). The Labute approximate surface area is 111 Å². The maximum absolute atomic E-state index is 12.1. The van der Waals surface area contributed by atoms with Gasteiger partial charge in [0.1, 0.15) is 12.3 Å². The van der Waals surface area contributed by atoms with Gasteiger partial charge in [0.25, 0.3) is 5.91 Å². The van der Waals surface area contributed by atoms with E-state index in [2.05, 4.69) is 22.1 Å². The van der Waals surface area contributed by atoms with Crippen molar-refractivity contribution < 1.29 is 14.7 Å². The normalized spacial score (nSPS) is 9.21. The van der Waals surface area contributed by atoms with E-state index in [4.69, 9.17) is 5.11 Å². The first-order valence-corrected chi connectivity index (χ1v) is 5.61. The Morgan fingerprint density at radius 2 is 2.26 bits per heavy atom. The molecule has 1 aromatic rings. The van der Waals surface area contributed by atoms with Gasteiger partial charge >= 0.3 is 0 Å². The monoisotopic (exact) mass is 261 g/mol. The van der Waals surface area contributed by atoms with Crippen molar-refractivity contribution in [3.8, 4) is 11.8 Å². The number of aliphatic hydroxyl groups excluding tert-OH is 1.